The minimum Gasteiger partial charge on any atom is -0.0880 e. The van der Waals surface area contributed by atoms with Crippen molar-refractivity contribution in [1.29, 1.82) is 0 Å². The highest BCUT2D eigenvalue weighted by Gasteiger charge is 2.02. The molecule has 0 unspecified atom stereocenters. The fraction of sp³-hybridized carbons (Fsp3) is 0.833. The zero-order chi connectivity index (χ0) is 9.56. The summed E-state index contributed by atoms with van der Waals surface area (Å²) in [5, 5.41) is 0. The van der Waals surface area contributed by atoms with E-state index in [0.717, 1.165) is 11.8 Å². The van der Waals surface area contributed by atoms with Gasteiger partial charge in [0, 0.05) is 0 Å². The molecular formula is C12H24. The summed E-state index contributed by atoms with van der Waals surface area (Å²) in [5.41, 5.74) is 0. The molecule has 0 amide bonds. The maximum Gasteiger partial charge on any atom is -0.0290 e. The lowest BCUT2D eigenvalue weighted by molar-refractivity contribution is 0.442. The smallest absolute Gasteiger partial charge is 0.0290 e. The predicted octanol–water partition coefficient (Wildman–Crippen LogP) is 4.27. The second-order valence-electron chi connectivity index (χ2n) is 4.64. The van der Waals surface area contributed by atoms with Crippen LogP contribution < -0.4 is 0 Å². The van der Waals surface area contributed by atoms with E-state index in [1.807, 2.05) is 0 Å². The first-order chi connectivity index (χ1) is 5.52. The van der Waals surface area contributed by atoms with Crippen LogP contribution in [0.5, 0.6) is 0 Å². The molecule has 0 rings (SSSR count). The van der Waals surface area contributed by atoms with Gasteiger partial charge in [-0.2, -0.15) is 0 Å². The van der Waals surface area contributed by atoms with Crippen LogP contribution in [-0.4, -0.2) is 0 Å². The van der Waals surface area contributed by atoms with E-state index >= 15 is 0 Å². The van der Waals surface area contributed by atoms with Gasteiger partial charge in [-0.25, -0.2) is 0 Å². The summed E-state index contributed by atoms with van der Waals surface area (Å²) in [6.45, 7) is 11.4. The van der Waals surface area contributed by atoms with Gasteiger partial charge in [-0.05, 0) is 30.6 Å². The Morgan fingerprint density at radius 1 is 1.00 bits per heavy atom. The molecule has 72 valence electrons. The third kappa shape index (κ3) is 7.84. The molecule has 0 bridgehead atoms. The highest BCUT2D eigenvalue weighted by Crippen LogP contribution is 2.15. The van der Waals surface area contributed by atoms with E-state index in [9.17, 15) is 0 Å². The number of allylic oxidation sites excluding steroid dienone is 2. The first-order valence-corrected chi connectivity index (χ1v) is 5.19. The van der Waals surface area contributed by atoms with Crippen LogP contribution in [-0.2, 0) is 0 Å². The molecule has 0 heteroatoms. The van der Waals surface area contributed by atoms with Gasteiger partial charge in [0.15, 0.2) is 0 Å². The lowest BCUT2D eigenvalue weighted by Crippen LogP contribution is -1.98. The highest BCUT2D eigenvalue weighted by atomic mass is 14.1. The maximum atomic E-state index is 2.34. The molecule has 0 spiro atoms. The standard InChI is InChI=1S/C12H24/c1-10(2)7-6-8-12(5)9-11(3)4/h6-7,10-12H,8-9H2,1-5H3/b7-6-/t12-/m0/s1. The Labute approximate surface area is 78.1 Å². The van der Waals surface area contributed by atoms with E-state index in [0.29, 0.717) is 5.92 Å². The van der Waals surface area contributed by atoms with Gasteiger partial charge in [0.25, 0.3) is 0 Å². The molecule has 0 fully saturated rings. The summed E-state index contributed by atoms with van der Waals surface area (Å²) >= 11 is 0. The molecule has 0 aliphatic carbocycles. The van der Waals surface area contributed by atoms with E-state index in [4.69, 9.17) is 0 Å². The molecule has 0 saturated carbocycles. The average Bonchev–Trinajstić information content (AvgIpc) is 1.84. The Balaban J connectivity index is 3.49. The summed E-state index contributed by atoms with van der Waals surface area (Å²) in [7, 11) is 0. The van der Waals surface area contributed by atoms with Gasteiger partial charge >= 0.3 is 0 Å². The van der Waals surface area contributed by atoms with Crippen molar-refractivity contribution in [2.45, 2.75) is 47.5 Å². The van der Waals surface area contributed by atoms with Crippen molar-refractivity contribution in [3.8, 4) is 0 Å². The van der Waals surface area contributed by atoms with Gasteiger partial charge < -0.3 is 0 Å². The third-order valence-corrected chi connectivity index (χ3v) is 1.93. The maximum absolute atomic E-state index is 2.34. The molecule has 0 radical (unpaired) electrons. The second kappa shape index (κ2) is 6.28. The van der Waals surface area contributed by atoms with E-state index < -0.39 is 0 Å². The zero-order valence-electron chi connectivity index (χ0n) is 9.30. The average molecular weight is 168 g/mol. The minimum absolute atomic E-state index is 0.705. The first kappa shape index (κ1) is 11.7. The van der Waals surface area contributed by atoms with Crippen molar-refractivity contribution in [3.63, 3.8) is 0 Å². The fourth-order valence-corrected chi connectivity index (χ4v) is 1.48. The van der Waals surface area contributed by atoms with Crippen LogP contribution in [0, 0.1) is 17.8 Å². The Morgan fingerprint density at radius 3 is 2.00 bits per heavy atom. The molecule has 0 saturated heterocycles. The number of hydrogen-bond donors (Lipinski definition) is 0. The van der Waals surface area contributed by atoms with Gasteiger partial charge in [0.05, 0.1) is 0 Å². The van der Waals surface area contributed by atoms with Crippen LogP contribution in [0.25, 0.3) is 0 Å². The van der Waals surface area contributed by atoms with E-state index in [1.165, 1.54) is 12.8 Å². The van der Waals surface area contributed by atoms with Gasteiger partial charge in [0.1, 0.15) is 0 Å². The van der Waals surface area contributed by atoms with Gasteiger partial charge in [0.2, 0.25) is 0 Å². The summed E-state index contributed by atoms with van der Waals surface area (Å²) in [6.07, 6.45) is 7.23. The van der Waals surface area contributed by atoms with Crippen LogP contribution in [0.1, 0.15) is 47.5 Å². The lowest BCUT2D eigenvalue weighted by atomic mass is 9.95. The Kier molecular flexibility index (Phi) is 6.14. The largest absolute Gasteiger partial charge is 0.0880 e. The van der Waals surface area contributed by atoms with Crippen LogP contribution >= 0.6 is 0 Å². The molecule has 12 heavy (non-hydrogen) atoms. The van der Waals surface area contributed by atoms with Crippen molar-refractivity contribution in [2.75, 3.05) is 0 Å². The number of hydrogen-bond acceptors (Lipinski definition) is 0. The topological polar surface area (TPSA) is 0 Å². The predicted molar refractivity (Wildman–Crippen MR) is 57.2 cm³/mol. The Bertz CT molecular complexity index is 120. The fourth-order valence-electron chi connectivity index (χ4n) is 1.48. The van der Waals surface area contributed by atoms with E-state index in [2.05, 4.69) is 46.8 Å². The van der Waals surface area contributed by atoms with Gasteiger partial charge in [-0.1, -0.05) is 46.8 Å². The van der Waals surface area contributed by atoms with Crippen molar-refractivity contribution < 1.29 is 0 Å². The molecule has 0 aliphatic rings. The normalized spacial score (nSPS) is 14.9. The summed E-state index contributed by atoms with van der Waals surface area (Å²) in [6, 6.07) is 0. The third-order valence-electron chi connectivity index (χ3n) is 1.93. The molecule has 0 aliphatic heterocycles. The van der Waals surface area contributed by atoms with E-state index in [1.54, 1.807) is 0 Å². The van der Waals surface area contributed by atoms with Crippen molar-refractivity contribution in [2.24, 2.45) is 17.8 Å². The van der Waals surface area contributed by atoms with Crippen molar-refractivity contribution in [1.82, 2.24) is 0 Å². The molecule has 0 N–H and O–H groups in total. The summed E-state index contributed by atoms with van der Waals surface area (Å²) < 4.78 is 0. The molecule has 0 aromatic rings. The highest BCUT2D eigenvalue weighted by molar-refractivity contribution is 4.85. The molecule has 0 nitrogen and oxygen atoms in total. The summed E-state index contributed by atoms with van der Waals surface area (Å²) in [4.78, 5) is 0. The molecule has 1 atom stereocenters. The SMILES string of the molecule is CC(C)/C=C\C[C@H](C)CC(C)C. The van der Waals surface area contributed by atoms with Crippen LogP contribution in [0.15, 0.2) is 12.2 Å². The van der Waals surface area contributed by atoms with Crippen LogP contribution in [0.4, 0.5) is 0 Å². The molecule has 0 aromatic heterocycles. The lowest BCUT2D eigenvalue weighted by Gasteiger charge is -2.11. The molecule has 0 heterocycles. The van der Waals surface area contributed by atoms with Gasteiger partial charge in [-0.3, -0.25) is 0 Å². The molecule has 0 aromatic carbocycles. The monoisotopic (exact) mass is 168 g/mol. The molecular weight excluding hydrogens is 144 g/mol. The Hall–Kier alpha value is -0.260. The van der Waals surface area contributed by atoms with Crippen molar-refractivity contribution in [3.05, 3.63) is 12.2 Å². The van der Waals surface area contributed by atoms with Crippen LogP contribution in [0.3, 0.4) is 0 Å². The minimum atomic E-state index is 0.705. The van der Waals surface area contributed by atoms with Crippen LogP contribution in [0.2, 0.25) is 0 Å². The zero-order valence-corrected chi connectivity index (χ0v) is 9.30. The summed E-state index contributed by atoms with van der Waals surface area (Å²) in [5.74, 6) is 2.39. The van der Waals surface area contributed by atoms with E-state index in [-0.39, 0.29) is 0 Å². The van der Waals surface area contributed by atoms with Crippen molar-refractivity contribution >= 4 is 0 Å². The number of rotatable bonds is 5. The quantitative estimate of drug-likeness (QED) is 0.538. The van der Waals surface area contributed by atoms with Gasteiger partial charge in [-0.15, -0.1) is 0 Å². The second-order valence-corrected chi connectivity index (χ2v) is 4.64. The first-order valence-electron chi connectivity index (χ1n) is 5.19. The Morgan fingerprint density at radius 2 is 1.58 bits per heavy atom.